The van der Waals surface area contributed by atoms with Gasteiger partial charge in [0.1, 0.15) is 5.82 Å². The van der Waals surface area contributed by atoms with Gasteiger partial charge in [-0.2, -0.15) is 0 Å². The Balaban J connectivity index is 2.24. The van der Waals surface area contributed by atoms with Crippen molar-refractivity contribution in [2.45, 2.75) is 11.8 Å². The fourth-order valence-corrected chi connectivity index (χ4v) is 2.73. The Morgan fingerprint density at radius 2 is 1.82 bits per heavy atom. The second-order valence-corrected chi connectivity index (χ2v) is 6.27. The number of fused-ring (bicyclic) bond motifs is 1. The molecule has 0 saturated carbocycles. The van der Waals surface area contributed by atoms with Crippen LogP contribution in [0.3, 0.4) is 0 Å². The van der Waals surface area contributed by atoms with Crippen LogP contribution in [0.15, 0.2) is 52.3 Å². The molecular formula is C14H12N4O3S. The monoisotopic (exact) mass is 316 g/mol. The zero-order chi connectivity index (χ0) is 15.9. The first-order chi connectivity index (χ1) is 10.4. The van der Waals surface area contributed by atoms with Crippen LogP contribution in [0, 0.1) is 6.92 Å². The second-order valence-electron chi connectivity index (χ2n) is 4.71. The molecule has 0 radical (unpaired) electrons. The molecule has 1 aromatic carbocycles. The molecule has 0 fully saturated rings. The standard InChI is InChI=1S/C14H12N4O3S/c1-9-17-13-12(3-2-8-16-13)14(19)18(9)10-4-6-11(7-5-10)22(15,20)21/h2-8H,1H3,(H2,15,20,21). The highest BCUT2D eigenvalue weighted by molar-refractivity contribution is 7.89. The highest BCUT2D eigenvalue weighted by Crippen LogP contribution is 2.14. The number of nitrogens with two attached hydrogens (primary N) is 1. The first kappa shape index (κ1) is 14.4. The number of primary sulfonamides is 1. The number of rotatable bonds is 2. The lowest BCUT2D eigenvalue weighted by Crippen LogP contribution is -2.22. The van der Waals surface area contributed by atoms with E-state index >= 15 is 0 Å². The normalized spacial score (nSPS) is 11.7. The maximum Gasteiger partial charge on any atom is 0.267 e. The molecule has 0 unspecified atom stereocenters. The van der Waals surface area contributed by atoms with E-state index in [0.717, 1.165) is 0 Å². The average molecular weight is 316 g/mol. The zero-order valence-corrected chi connectivity index (χ0v) is 12.4. The molecule has 0 aliphatic rings. The van der Waals surface area contributed by atoms with Crippen molar-refractivity contribution in [3.8, 4) is 5.69 Å². The van der Waals surface area contributed by atoms with Crippen LogP contribution in [0.5, 0.6) is 0 Å². The summed E-state index contributed by atoms with van der Waals surface area (Å²) in [6, 6.07) is 9.03. The van der Waals surface area contributed by atoms with Gasteiger partial charge in [0.05, 0.1) is 16.0 Å². The predicted molar refractivity (Wildman–Crippen MR) is 81.2 cm³/mol. The third-order valence-corrected chi connectivity index (χ3v) is 4.16. The second kappa shape index (κ2) is 5.00. The molecule has 3 rings (SSSR count). The summed E-state index contributed by atoms with van der Waals surface area (Å²) in [5.74, 6) is 0.458. The van der Waals surface area contributed by atoms with E-state index < -0.39 is 10.0 Å². The summed E-state index contributed by atoms with van der Waals surface area (Å²) < 4.78 is 24.0. The number of aromatic nitrogens is 3. The van der Waals surface area contributed by atoms with Gasteiger partial charge < -0.3 is 0 Å². The van der Waals surface area contributed by atoms with Gasteiger partial charge in [-0.1, -0.05) is 0 Å². The van der Waals surface area contributed by atoms with Crippen LogP contribution < -0.4 is 10.7 Å². The third-order valence-electron chi connectivity index (χ3n) is 3.23. The van der Waals surface area contributed by atoms with Crippen LogP contribution >= 0.6 is 0 Å². The summed E-state index contributed by atoms with van der Waals surface area (Å²) in [4.78, 5) is 20.9. The zero-order valence-electron chi connectivity index (χ0n) is 11.6. The molecule has 0 saturated heterocycles. The molecule has 0 amide bonds. The summed E-state index contributed by atoms with van der Waals surface area (Å²) in [5, 5.41) is 5.46. The fourth-order valence-electron chi connectivity index (χ4n) is 2.21. The molecule has 3 aromatic rings. The number of nitrogens with zero attached hydrogens (tertiary/aromatic N) is 3. The summed E-state index contributed by atoms with van der Waals surface area (Å²) in [7, 11) is -3.77. The van der Waals surface area contributed by atoms with Gasteiger partial charge in [-0.3, -0.25) is 9.36 Å². The number of benzene rings is 1. The predicted octanol–water partition coefficient (Wildman–Crippen LogP) is 0.737. The molecule has 2 N–H and O–H groups in total. The average Bonchev–Trinajstić information content (AvgIpc) is 2.47. The largest absolute Gasteiger partial charge is 0.268 e. The van der Waals surface area contributed by atoms with Crippen LogP contribution in [0.1, 0.15) is 5.82 Å². The van der Waals surface area contributed by atoms with Gasteiger partial charge >= 0.3 is 0 Å². The number of aryl methyl sites for hydroxylation is 1. The Hall–Kier alpha value is -2.58. The highest BCUT2D eigenvalue weighted by atomic mass is 32.2. The van der Waals surface area contributed by atoms with Gasteiger partial charge in [0, 0.05) is 6.20 Å². The minimum atomic E-state index is -3.77. The van der Waals surface area contributed by atoms with E-state index in [2.05, 4.69) is 9.97 Å². The van der Waals surface area contributed by atoms with E-state index in [1.54, 1.807) is 25.3 Å². The van der Waals surface area contributed by atoms with Crippen LogP contribution in [-0.2, 0) is 10.0 Å². The SMILES string of the molecule is Cc1nc2ncccc2c(=O)n1-c1ccc(S(N)(=O)=O)cc1. The van der Waals surface area contributed by atoms with Crippen molar-refractivity contribution in [2.24, 2.45) is 5.14 Å². The van der Waals surface area contributed by atoms with Crippen molar-refractivity contribution in [2.75, 3.05) is 0 Å². The molecule has 8 heteroatoms. The van der Waals surface area contributed by atoms with Gasteiger partial charge in [-0.25, -0.2) is 23.5 Å². The van der Waals surface area contributed by atoms with E-state index in [1.807, 2.05) is 0 Å². The van der Waals surface area contributed by atoms with Crippen molar-refractivity contribution in [3.63, 3.8) is 0 Å². The van der Waals surface area contributed by atoms with Crippen LogP contribution in [0.2, 0.25) is 0 Å². The van der Waals surface area contributed by atoms with Crippen LogP contribution in [0.25, 0.3) is 16.7 Å². The molecule has 0 aliphatic heterocycles. The Morgan fingerprint density at radius 1 is 1.14 bits per heavy atom. The quantitative estimate of drug-likeness (QED) is 0.750. The molecule has 7 nitrogen and oxygen atoms in total. The lowest BCUT2D eigenvalue weighted by molar-refractivity contribution is 0.598. The molecule has 22 heavy (non-hydrogen) atoms. The van der Waals surface area contributed by atoms with Crippen molar-refractivity contribution in [1.29, 1.82) is 0 Å². The van der Waals surface area contributed by atoms with Crippen molar-refractivity contribution >= 4 is 21.1 Å². The molecule has 2 aromatic heterocycles. The Kier molecular flexibility index (Phi) is 3.27. The van der Waals surface area contributed by atoms with E-state index in [9.17, 15) is 13.2 Å². The Morgan fingerprint density at radius 3 is 2.45 bits per heavy atom. The van der Waals surface area contributed by atoms with Crippen LogP contribution in [0.4, 0.5) is 0 Å². The van der Waals surface area contributed by atoms with Gasteiger partial charge in [-0.05, 0) is 43.3 Å². The first-order valence-electron chi connectivity index (χ1n) is 6.35. The van der Waals surface area contributed by atoms with Crippen molar-refractivity contribution < 1.29 is 8.42 Å². The lowest BCUT2D eigenvalue weighted by Gasteiger charge is -2.10. The number of pyridine rings is 1. The number of hydrogen-bond donors (Lipinski definition) is 1. The Labute approximate surface area is 126 Å². The van der Waals surface area contributed by atoms with Gasteiger partial charge in [-0.15, -0.1) is 0 Å². The van der Waals surface area contributed by atoms with E-state index in [1.165, 1.54) is 28.8 Å². The molecule has 2 heterocycles. The fraction of sp³-hybridized carbons (Fsp3) is 0.0714. The minimum absolute atomic E-state index is 0.0163. The van der Waals surface area contributed by atoms with Gasteiger partial charge in [0.25, 0.3) is 5.56 Å². The van der Waals surface area contributed by atoms with Crippen LogP contribution in [-0.4, -0.2) is 23.0 Å². The van der Waals surface area contributed by atoms with E-state index in [-0.39, 0.29) is 10.5 Å². The molecule has 112 valence electrons. The summed E-state index contributed by atoms with van der Waals surface area (Å²) in [6.45, 7) is 1.68. The van der Waals surface area contributed by atoms with Gasteiger partial charge in [0.2, 0.25) is 10.0 Å². The summed E-state index contributed by atoms with van der Waals surface area (Å²) >= 11 is 0. The highest BCUT2D eigenvalue weighted by Gasteiger charge is 2.12. The lowest BCUT2D eigenvalue weighted by atomic mass is 10.3. The van der Waals surface area contributed by atoms with E-state index in [4.69, 9.17) is 5.14 Å². The third kappa shape index (κ3) is 2.38. The smallest absolute Gasteiger partial charge is 0.267 e. The van der Waals surface area contributed by atoms with Gasteiger partial charge in [0.15, 0.2) is 5.65 Å². The topological polar surface area (TPSA) is 108 Å². The summed E-state index contributed by atoms with van der Waals surface area (Å²) in [6.07, 6.45) is 1.57. The number of sulfonamides is 1. The molecule has 0 aliphatic carbocycles. The molecule has 0 bridgehead atoms. The number of hydrogen-bond acceptors (Lipinski definition) is 5. The Bertz CT molecular complexity index is 1020. The minimum Gasteiger partial charge on any atom is -0.268 e. The molecule has 0 atom stereocenters. The molecule has 0 spiro atoms. The molecular weight excluding hydrogens is 304 g/mol. The first-order valence-corrected chi connectivity index (χ1v) is 7.90. The maximum atomic E-state index is 12.6. The van der Waals surface area contributed by atoms with Crippen molar-refractivity contribution in [1.82, 2.24) is 14.5 Å². The van der Waals surface area contributed by atoms with Crippen molar-refractivity contribution in [3.05, 3.63) is 58.8 Å². The summed E-state index contributed by atoms with van der Waals surface area (Å²) in [5.41, 5.74) is 0.620. The maximum absolute atomic E-state index is 12.6. The van der Waals surface area contributed by atoms with E-state index in [0.29, 0.717) is 22.5 Å².